The molecule has 0 saturated heterocycles. The number of rotatable bonds is 3. The SMILES string of the molecule is COc1cc(-c2ccc(=O)[nH]n2)ccc1C(F)F. The first-order valence-electron chi connectivity index (χ1n) is 5.14. The fourth-order valence-electron chi connectivity index (χ4n) is 1.56. The summed E-state index contributed by atoms with van der Waals surface area (Å²) in [4.78, 5) is 10.9. The van der Waals surface area contributed by atoms with Crippen molar-refractivity contribution in [2.75, 3.05) is 7.11 Å². The van der Waals surface area contributed by atoms with E-state index in [1.54, 1.807) is 0 Å². The van der Waals surface area contributed by atoms with Gasteiger partial charge in [-0.2, -0.15) is 5.10 Å². The van der Waals surface area contributed by atoms with Crippen LogP contribution in [0, 0.1) is 0 Å². The third kappa shape index (κ3) is 2.37. The second-order valence-electron chi connectivity index (χ2n) is 3.56. The van der Waals surface area contributed by atoms with Gasteiger partial charge >= 0.3 is 0 Å². The molecule has 0 spiro atoms. The van der Waals surface area contributed by atoms with Gasteiger partial charge in [0.05, 0.1) is 18.4 Å². The third-order valence-electron chi connectivity index (χ3n) is 2.44. The number of aromatic nitrogens is 2. The Morgan fingerprint density at radius 3 is 2.61 bits per heavy atom. The van der Waals surface area contributed by atoms with Gasteiger partial charge in [-0.25, -0.2) is 13.9 Å². The molecule has 0 atom stereocenters. The summed E-state index contributed by atoms with van der Waals surface area (Å²) in [6, 6.07) is 7.07. The van der Waals surface area contributed by atoms with Gasteiger partial charge in [0, 0.05) is 11.6 Å². The minimum absolute atomic E-state index is 0.0931. The Labute approximate surface area is 101 Å². The molecule has 1 aromatic carbocycles. The Hall–Kier alpha value is -2.24. The van der Waals surface area contributed by atoms with Gasteiger partial charge in [0.1, 0.15) is 5.75 Å². The molecule has 2 rings (SSSR count). The van der Waals surface area contributed by atoms with E-state index in [0.29, 0.717) is 11.3 Å². The molecular formula is C12H10F2N2O2. The predicted octanol–water partition coefficient (Wildman–Crippen LogP) is 2.38. The Balaban J connectivity index is 2.47. The van der Waals surface area contributed by atoms with Crippen LogP contribution in [0.25, 0.3) is 11.3 Å². The van der Waals surface area contributed by atoms with E-state index in [4.69, 9.17) is 4.74 Å². The molecule has 0 aliphatic heterocycles. The van der Waals surface area contributed by atoms with Crippen LogP contribution in [-0.2, 0) is 0 Å². The third-order valence-corrected chi connectivity index (χ3v) is 2.44. The van der Waals surface area contributed by atoms with E-state index in [-0.39, 0.29) is 16.9 Å². The first kappa shape index (κ1) is 12.2. The highest BCUT2D eigenvalue weighted by Crippen LogP contribution is 2.32. The minimum Gasteiger partial charge on any atom is -0.496 e. The standard InChI is InChI=1S/C12H10F2N2O2/c1-18-10-6-7(2-3-8(10)12(13)14)9-4-5-11(17)16-15-9/h2-6,12H,1H3,(H,16,17). The molecule has 0 saturated carbocycles. The molecule has 1 aromatic heterocycles. The zero-order valence-electron chi connectivity index (χ0n) is 9.48. The van der Waals surface area contributed by atoms with Crippen LogP contribution in [0.15, 0.2) is 35.1 Å². The number of hydrogen-bond donors (Lipinski definition) is 1. The fourth-order valence-corrected chi connectivity index (χ4v) is 1.56. The van der Waals surface area contributed by atoms with E-state index in [0.717, 1.165) is 0 Å². The van der Waals surface area contributed by atoms with E-state index in [2.05, 4.69) is 10.2 Å². The van der Waals surface area contributed by atoms with Gasteiger partial charge in [-0.3, -0.25) is 4.79 Å². The number of ether oxygens (including phenoxy) is 1. The highest BCUT2D eigenvalue weighted by Gasteiger charge is 2.14. The molecule has 6 heteroatoms. The van der Waals surface area contributed by atoms with Crippen molar-refractivity contribution in [2.45, 2.75) is 6.43 Å². The molecule has 1 N–H and O–H groups in total. The number of nitrogens with zero attached hydrogens (tertiary/aromatic N) is 1. The molecule has 4 nitrogen and oxygen atoms in total. The summed E-state index contributed by atoms with van der Waals surface area (Å²) in [5.41, 5.74) is 0.571. The van der Waals surface area contributed by atoms with Crippen LogP contribution in [0.5, 0.6) is 5.75 Å². The lowest BCUT2D eigenvalue weighted by Gasteiger charge is -2.09. The second-order valence-corrected chi connectivity index (χ2v) is 3.56. The van der Waals surface area contributed by atoms with Crippen LogP contribution in [-0.4, -0.2) is 17.3 Å². The Morgan fingerprint density at radius 2 is 2.06 bits per heavy atom. The number of aromatic amines is 1. The van der Waals surface area contributed by atoms with Crippen LogP contribution in [0.3, 0.4) is 0 Å². The van der Waals surface area contributed by atoms with Crippen molar-refractivity contribution < 1.29 is 13.5 Å². The molecule has 0 aliphatic carbocycles. The topological polar surface area (TPSA) is 55.0 Å². The molecule has 0 radical (unpaired) electrons. The summed E-state index contributed by atoms with van der Waals surface area (Å²) in [7, 11) is 1.32. The Bertz CT molecular complexity index is 591. The van der Waals surface area contributed by atoms with Crippen LogP contribution in [0.1, 0.15) is 12.0 Å². The van der Waals surface area contributed by atoms with E-state index in [9.17, 15) is 13.6 Å². The van der Waals surface area contributed by atoms with Crippen molar-refractivity contribution in [3.05, 3.63) is 46.2 Å². The molecule has 0 aliphatic rings. The van der Waals surface area contributed by atoms with Gasteiger partial charge in [0.2, 0.25) is 0 Å². The lowest BCUT2D eigenvalue weighted by molar-refractivity contribution is 0.147. The maximum atomic E-state index is 12.7. The van der Waals surface area contributed by atoms with Crippen molar-refractivity contribution in [1.82, 2.24) is 10.2 Å². The van der Waals surface area contributed by atoms with Crippen LogP contribution in [0.4, 0.5) is 8.78 Å². The lowest BCUT2D eigenvalue weighted by Crippen LogP contribution is -2.05. The molecule has 0 fully saturated rings. The average Bonchev–Trinajstić information content (AvgIpc) is 2.38. The lowest BCUT2D eigenvalue weighted by atomic mass is 10.1. The van der Waals surface area contributed by atoms with E-state index < -0.39 is 6.43 Å². The molecule has 18 heavy (non-hydrogen) atoms. The van der Waals surface area contributed by atoms with Crippen molar-refractivity contribution >= 4 is 0 Å². The number of nitrogens with one attached hydrogen (secondary N) is 1. The van der Waals surface area contributed by atoms with Crippen LogP contribution < -0.4 is 10.3 Å². The van der Waals surface area contributed by atoms with Gasteiger partial charge in [-0.15, -0.1) is 0 Å². The van der Waals surface area contributed by atoms with Gasteiger partial charge in [-0.05, 0) is 18.2 Å². The van der Waals surface area contributed by atoms with Crippen molar-refractivity contribution in [1.29, 1.82) is 0 Å². The number of hydrogen-bond acceptors (Lipinski definition) is 3. The normalized spacial score (nSPS) is 10.7. The number of halogens is 2. The number of benzene rings is 1. The summed E-state index contributed by atoms with van der Waals surface area (Å²) in [5, 5.41) is 6.10. The zero-order chi connectivity index (χ0) is 13.1. The average molecular weight is 252 g/mol. The Kier molecular flexibility index (Phi) is 3.36. The smallest absolute Gasteiger partial charge is 0.267 e. The Morgan fingerprint density at radius 1 is 1.28 bits per heavy atom. The number of H-pyrrole nitrogens is 1. The number of methoxy groups -OCH3 is 1. The molecule has 0 amide bonds. The van der Waals surface area contributed by atoms with Crippen LogP contribution >= 0.6 is 0 Å². The molecule has 2 aromatic rings. The van der Waals surface area contributed by atoms with Gasteiger partial charge in [0.25, 0.3) is 12.0 Å². The van der Waals surface area contributed by atoms with E-state index in [1.807, 2.05) is 0 Å². The monoisotopic (exact) mass is 252 g/mol. The summed E-state index contributed by atoms with van der Waals surface area (Å²) in [5.74, 6) is 0.0931. The minimum atomic E-state index is -2.60. The molecule has 0 bridgehead atoms. The first-order valence-corrected chi connectivity index (χ1v) is 5.14. The number of alkyl halides is 2. The van der Waals surface area contributed by atoms with Crippen molar-refractivity contribution in [3.63, 3.8) is 0 Å². The summed E-state index contributed by atoms with van der Waals surface area (Å²) >= 11 is 0. The largest absolute Gasteiger partial charge is 0.496 e. The maximum absolute atomic E-state index is 12.7. The van der Waals surface area contributed by atoms with Gasteiger partial charge in [-0.1, -0.05) is 6.07 Å². The van der Waals surface area contributed by atoms with Crippen LogP contribution in [0.2, 0.25) is 0 Å². The van der Waals surface area contributed by atoms with Crippen molar-refractivity contribution in [2.24, 2.45) is 0 Å². The molecule has 1 heterocycles. The fraction of sp³-hybridized carbons (Fsp3) is 0.167. The summed E-state index contributed by atoms with van der Waals surface area (Å²) in [6.07, 6.45) is -2.60. The quantitative estimate of drug-likeness (QED) is 0.912. The summed E-state index contributed by atoms with van der Waals surface area (Å²) < 4.78 is 30.2. The zero-order valence-corrected chi connectivity index (χ0v) is 9.48. The van der Waals surface area contributed by atoms with E-state index in [1.165, 1.54) is 37.4 Å². The van der Waals surface area contributed by atoms with E-state index >= 15 is 0 Å². The molecular weight excluding hydrogens is 242 g/mol. The highest BCUT2D eigenvalue weighted by molar-refractivity contribution is 5.62. The predicted molar refractivity (Wildman–Crippen MR) is 61.8 cm³/mol. The van der Waals surface area contributed by atoms with Gasteiger partial charge in [0.15, 0.2) is 0 Å². The molecule has 0 unspecified atom stereocenters. The van der Waals surface area contributed by atoms with Gasteiger partial charge < -0.3 is 4.74 Å². The van der Waals surface area contributed by atoms with Crippen molar-refractivity contribution in [3.8, 4) is 17.0 Å². The second kappa shape index (κ2) is 4.95. The first-order chi connectivity index (χ1) is 8.61. The summed E-state index contributed by atoms with van der Waals surface area (Å²) in [6.45, 7) is 0. The molecule has 94 valence electrons. The highest BCUT2D eigenvalue weighted by atomic mass is 19.3. The maximum Gasteiger partial charge on any atom is 0.267 e.